The number of hydrogen-bond acceptors (Lipinski definition) is 4. The van der Waals surface area contributed by atoms with Crippen LogP contribution in [0, 0.1) is 6.92 Å². The normalized spacial score (nSPS) is 11.2. The fourth-order valence-corrected chi connectivity index (χ4v) is 4.96. The summed E-state index contributed by atoms with van der Waals surface area (Å²) >= 11 is 1.57. The number of benzene rings is 3. The largest absolute Gasteiger partial charge is 0.324 e. The van der Waals surface area contributed by atoms with E-state index in [-0.39, 0.29) is 11.4 Å². The highest BCUT2D eigenvalue weighted by Gasteiger charge is 2.27. The summed E-state index contributed by atoms with van der Waals surface area (Å²) in [4.78, 5) is 14.0. The highest BCUT2D eigenvalue weighted by Crippen LogP contribution is 2.25. The molecule has 0 aliphatic rings. The highest BCUT2D eigenvalue weighted by atomic mass is 32.2. The van der Waals surface area contributed by atoms with Gasteiger partial charge in [0.15, 0.2) is 0 Å². The Hall–Kier alpha value is -2.77. The van der Waals surface area contributed by atoms with Crippen molar-refractivity contribution in [3.8, 4) is 0 Å². The van der Waals surface area contributed by atoms with Gasteiger partial charge in [-0.1, -0.05) is 42.8 Å². The fraction of sp³-hybridized carbons (Fsp3) is 0.208. The third-order valence-electron chi connectivity index (χ3n) is 4.88. The number of aryl methyl sites for hydroxylation is 2. The van der Waals surface area contributed by atoms with Crippen LogP contribution in [-0.4, -0.2) is 27.1 Å². The molecule has 0 aliphatic carbocycles. The number of hydrogen-bond donors (Lipinski definition) is 1. The van der Waals surface area contributed by atoms with Crippen LogP contribution < -0.4 is 9.62 Å². The molecule has 0 saturated heterocycles. The summed E-state index contributed by atoms with van der Waals surface area (Å²) in [7, 11) is -3.92. The average molecular weight is 455 g/mol. The van der Waals surface area contributed by atoms with Crippen molar-refractivity contribution >= 4 is 39.1 Å². The van der Waals surface area contributed by atoms with Crippen LogP contribution in [0.5, 0.6) is 0 Å². The number of thioether (sulfide) groups is 1. The second-order valence-corrected chi connectivity index (χ2v) is 9.87. The molecule has 0 unspecified atom stereocenters. The number of carbonyl (C=O) groups is 1. The van der Waals surface area contributed by atoms with Gasteiger partial charge in [0.05, 0.1) is 10.6 Å². The number of anilines is 2. The molecule has 0 radical (unpaired) electrons. The minimum Gasteiger partial charge on any atom is -0.324 e. The summed E-state index contributed by atoms with van der Waals surface area (Å²) in [6.07, 6.45) is 2.80. The molecule has 1 amide bonds. The zero-order valence-corrected chi connectivity index (χ0v) is 19.5. The molecule has 3 aromatic rings. The fourth-order valence-electron chi connectivity index (χ4n) is 3.08. The Labute approximate surface area is 188 Å². The Kier molecular flexibility index (Phi) is 7.41. The Morgan fingerprint density at radius 1 is 1.00 bits per heavy atom. The van der Waals surface area contributed by atoms with Crippen LogP contribution >= 0.6 is 11.8 Å². The topological polar surface area (TPSA) is 66.5 Å². The van der Waals surface area contributed by atoms with Gasteiger partial charge < -0.3 is 5.32 Å². The van der Waals surface area contributed by atoms with Gasteiger partial charge in [-0.25, -0.2) is 8.42 Å². The number of carbonyl (C=O) groups excluding carboxylic acids is 1. The van der Waals surface area contributed by atoms with E-state index in [2.05, 4.69) is 5.32 Å². The summed E-state index contributed by atoms with van der Waals surface area (Å²) in [6.45, 7) is 3.60. The molecule has 0 aliphatic heterocycles. The first-order chi connectivity index (χ1) is 14.8. The first-order valence-corrected chi connectivity index (χ1v) is 12.6. The molecule has 162 valence electrons. The SMILES string of the molecule is CCc1ccc(N(CC(=O)Nc2cccc(SC)c2)S(=O)(=O)c2ccc(C)cc2)cc1. The number of nitrogens with one attached hydrogen (secondary N) is 1. The van der Waals surface area contributed by atoms with Crippen LogP contribution in [0.1, 0.15) is 18.1 Å². The molecule has 3 aromatic carbocycles. The van der Waals surface area contributed by atoms with E-state index in [1.165, 1.54) is 0 Å². The van der Waals surface area contributed by atoms with Crippen molar-refractivity contribution in [3.63, 3.8) is 0 Å². The maximum absolute atomic E-state index is 13.4. The lowest BCUT2D eigenvalue weighted by molar-refractivity contribution is -0.114. The molecule has 0 atom stereocenters. The number of amides is 1. The van der Waals surface area contributed by atoms with Crippen molar-refractivity contribution in [2.45, 2.75) is 30.1 Å². The second-order valence-electron chi connectivity index (χ2n) is 7.12. The van der Waals surface area contributed by atoms with Crippen LogP contribution in [0.2, 0.25) is 0 Å². The first-order valence-electron chi connectivity index (χ1n) is 9.95. The number of rotatable bonds is 8. The molecule has 0 bridgehead atoms. The van der Waals surface area contributed by atoms with Gasteiger partial charge in [-0.3, -0.25) is 9.10 Å². The predicted octanol–water partition coefficient (Wildman–Crippen LogP) is 5.11. The van der Waals surface area contributed by atoms with Gasteiger partial charge in [-0.05, 0) is 67.6 Å². The van der Waals surface area contributed by atoms with Gasteiger partial charge >= 0.3 is 0 Å². The molecular weight excluding hydrogens is 428 g/mol. The Morgan fingerprint density at radius 2 is 1.68 bits per heavy atom. The van der Waals surface area contributed by atoms with E-state index < -0.39 is 15.9 Å². The maximum Gasteiger partial charge on any atom is 0.264 e. The molecule has 0 saturated carbocycles. The Balaban J connectivity index is 1.93. The van der Waals surface area contributed by atoms with Crippen LogP contribution in [0.3, 0.4) is 0 Å². The molecule has 0 fully saturated rings. The summed E-state index contributed by atoms with van der Waals surface area (Å²) < 4.78 is 28.0. The van der Waals surface area contributed by atoms with Crippen LogP contribution in [-0.2, 0) is 21.2 Å². The van der Waals surface area contributed by atoms with Crippen molar-refractivity contribution in [1.82, 2.24) is 0 Å². The molecule has 7 heteroatoms. The smallest absolute Gasteiger partial charge is 0.264 e. The Morgan fingerprint density at radius 3 is 2.29 bits per heavy atom. The minimum atomic E-state index is -3.92. The van der Waals surface area contributed by atoms with E-state index in [9.17, 15) is 13.2 Å². The molecule has 5 nitrogen and oxygen atoms in total. The standard InChI is InChI=1S/C24H26N2O3S2/c1-4-19-10-12-21(13-11-19)26(31(28,29)23-14-8-18(2)9-15-23)17-24(27)25-20-6-5-7-22(16-20)30-3/h5-16H,4,17H2,1-3H3,(H,25,27). The van der Waals surface area contributed by atoms with Crippen LogP contribution in [0.4, 0.5) is 11.4 Å². The lowest BCUT2D eigenvalue weighted by atomic mass is 10.1. The van der Waals surface area contributed by atoms with Gasteiger partial charge in [0.1, 0.15) is 6.54 Å². The molecular formula is C24H26N2O3S2. The zero-order valence-electron chi connectivity index (χ0n) is 17.8. The lowest BCUT2D eigenvalue weighted by Crippen LogP contribution is -2.38. The van der Waals surface area contributed by atoms with Crippen molar-refractivity contribution in [2.24, 2.45) is 0 Å². The predicted molar refractivity (Wildman–Crippen MR) is 128 cm³/mol. The van der Waals surface area contributed by atoms with Gasteiger partial charge in [-0.15, -0.1) is 11.8 Å². The summed E-state index contributed by atoms with van der Waals surface area (Å²) in [5.74, 6) is -0.409. The van der Waals surface area contributed by atoms with Gasteiger partial charge in [0.25, 0.3) is 10.0 Å². The van der Waals surface area contributed by atoms with E-state index in [0.29, 0.717) is 11.4 Å². The van der Waals surface area contributed by atoms with Gasteiger partial charge in [-0.2, -0.15) is 0 Å². The molecule has 0 spiro atoms. The number of nitrogens with zero attached hydrogens (tertiary/aromatic N) is 1. The van der Waals surface area contributed by atoms with E-state index >= 15 is 0 Å². The first kappa shape index (κ1) is 22.9. The zero-order chi connectivity index (χ0) is 22.4. The lowest BCUT2D eigenvalue weighted by Gasteiger charge is -2.24. The van der Waals surface area contributed by atoms with E-state index in [1.54, 1.807) is 54.2 Å². The van der Waals surface area contributed by atoms with E-state index in [1.807, 2.05) is 50.4 Å². The number of sulfonamides is 1. The monoisotopic (exact) mass is 454 g/mol. The van der Waals surface area contributed by atoms with Crippen LogP contribution in [0.25, 0.3) is 0 Å². The minimum absolute atomic E-state index is 0.148. The van der Waals surface area contributed by atoms with E-state index in [0.717, 1.165) is 26.7 Å². The quantitative estimate of drug-likeness (QED) is 0.480. The third kappa shape index (κ3) is 5.68. The van der Waals surface area contributed by atoms with Crippen molar-refractivity contribution < 1.29 is 13.2 Å². The van der Waals surface area contributed by atoms with Gasteiger partial charge in [0, 0.05) is 10.6 Å². The molecule has 31 heavy (non-hydrogen) atoms. The summed E-state index contributed by atoms with van der Waals surface area (Å²) in [6, 6.07) is 21.3. The molecule has 0 aromatic heterocycles. The highest BCUT2D eigenvalue weighted by molar-refractivity contribution is 7.98. The Bertz CT molecular complexity index is 1140. The van der Waals surface area contributed by atoms with Crippen molar-refractivity contribution in [3.05, 3.63) is 83.9 Å². The van der Waals surface area contributed by atoms with E-state index in [4.69, 9.17) is 0 Å². The maximum atomic E-state index is 13.4. The van der Waals surface area contributed by atoms with Gasteiger partial charge in [0.2, 0.25) is 5.91 Å². The van der Waals surface area contributed by atoms with Crippen molar-refractivity contribution in [2.75, 3.05) is 22.4 Å². The van der Waals surface area contributed by atoms with Crippen molar-refractivity contribution in [1.29, 1.82) is 0 Å². The summed E-state index contributed by atoms with van der Waals surface area (Å²) in [5.41, 5.74) is 3.13. The third-order valence-corrected chi connectivity index (χ3v) is 7.40. The summed E-state index contributed by atoms with van der Waals surface area (Å²) in [5, 5.41) is 2.81. The molecule has 0 heterocycles. The molecule has 1 N–H and O–H groups in total. The second kappa shape index (κ2) is 10.0. The average Bonchev–Trinajstić information content (AvgIpc) is 2.78. The molecule has 3 rings (SSSR count). The van der Waals surface area contributed by atoms with Crippen LogP contribution in [0.15, 0.2) is 82.6 Å².